The topological polar surface area (TPSA) is 155 Å². The summed E-state index contributed by atoms with van der Waals surface area (Å²) < 4.78 is 39.7. The van der Waals surface area contributed by atoms with E-state index in [0.29, 0.717) is 19.3 Å². The lowest BCUT2D eigenvalue weighted by Crippen LogP contribution is -2.30. The maximum absolute atomic E-state index is 12.9. The molecule has 0 radical (unpaired) electrons. The molecule has 0 aliphatic heterocycles. The molecule has 12 heteroatoms. The normalized spacial score (nSPS) is 13.7. The second kappa shape index (κ2) is 60.3. The lowest BCUT2D eigenvalue weighted by Gasteiger charge is -2.21. The second-order valence-corrected chi connectivity index (χ2v) is 23.0. The highest BCUT2D eigenvalue weighted by atomic mass is 31.2. The Morgan fingerprint density at radius 3 is 0.987 bits per heavy atom. The van der Waals surface area contributed by atoms with Gasteiger partial charge in [0, 0.05) is 19.3 Å². The van der Waals surface area contributed by atoms with E-state index in [-0.39, 0.29) is 25.9 Å². The van der Waals surface area contributed by atoms with Crippen LogP contribution in [0.1, 0.15) is 303 Å². The van der Waals surface area contributed by atoms with E-state index in [0.717, 1.165) is 103 Å². The highest BCUT2D eigenvalue weighted by Gasteiger charge is 2.28. The van der Waals surface area contributed by atoms with Gasteiger partial charge < -0.3 is 24.2 Å². The number of phosphoric acid groups is 1. The van der Waals surface area contributed by atoms with Crippen molar-refractivity contribution in [2.75, 3.05) is 26.4 Å². The molecule has 0 fully saturated rings. The minimum Gasteiger partial charge on any atom is -0.462 e. The van der Waals surface area contributed by atoms with Crippen LogP contribution in [-0.4, -0.2) is 66.5 Å². The van der Waals surface area contributed by atoms with Gasteiger partial charge in [0.25, 0.3) is 0 Å². The zero-order chi connectivity index (χ0) is 56.9. The third-order valence-corrected chi connectivity index (χ3v) is 14.9. The van der Waals surface area contributed by atoms with Crippen LogP contribution in [0.15, 0.2) is 60.8 Å². The first kappa shape index (κ1) is 75.2. The van der Waals surface area contributed by atoms with Gasteiger partial charge in [0.2, 0.25) is 0 Å². The number of aliphatic hydroxyl groups is 1. The molecule has 0 spiro atoms. The fraction of sp³-hybridized carbons (Fsp3) is 0.803. The van der Waals surface area contributed by atoms with Crippen LogP contribution in [0.2, 0.25) is 0 Å². The first-order chi connectivity index (χ1) is 38.2. The summed E-state index contributed by atoms with van der Waals surface area (Å²) in [7, 11) is -4.76. The van der Waals surface area contributed by atoms with Gasteiger partial charge in [-0.3, -0.25) is 23.4 Å². The minimum atomic E-state index is -4.76. The second-order valence-electron chi connectivity index (χ2n) is 21.6. The van der Waals surface area contributed by atoms with Gasteiger partial charge >= 0.3 is 25.7 Å². The number of carbonyl (C=O) groups excluding carboxylic acids is 3. The molecule has 3 unspecified atom stereocenters. The zero-order valence-corrected chi connectivity index (χ0v) is 51.3. The predicted molar refractivity (Wildman–Crippen MR) is 325 cm³/mol. The van der Waals surface area contributed by atoms with E-state index in [1.807, 2.05) is 0 Å². The highest BCUT2D eigenvalue weighted by molar-refractivity contribution is 7.47. The van der Waals surface area contributed by atoms with Crippen molar-refractivity contribution in [3.63, 3.8) is 0 Å². The Bertz CT molecular complexity index is 1540. The van der Waals surface area contributed by atoms with E-state index < -0.39 is 57.8 Å². The number of rotatable bonds is 60. The molecule has 0 amide bonds. The molecule has 2 N–H and O–H groups in total. The number of hydrogen-bond donors (Lipinski definition) is 2. The number of phosphoric ester groups is 1. The molecule has 0 aromatic carbocycles. The van der Waals surface area contributed by atoms with E-state index in [4.69, 9.17) is 23.3 Å². The Labute approximate surface area is 478 Å². The Kier molecular flexibility index (Phi) is 58.1. The first-order valence-electron chi connectivity index (χ1n) is 32.2. The molecule has 0 bridgehead atoms. The van der Waals surface area contributed by atoms with Gasteiger partial charge in [-0.2, -0.15) is 0 Å². The number of allylic oxidation sites excluding steroid dienone is 10. The Balaban J connectivity index is 4.66. The summed E-state index contributed by atoms with van der Waals surface area (Å²) in [5.74, 6) is -1.47. The maximum atomic E-state index is 12.9. The largest absolute Gasteiger partial charge is 0.472 e. The van der Waals surface area contributed by atoms with Crippen molar-refractivity contribution < 1.29 is 52.2 Å². The maximum Gasteiger partial charge on any atom is 0.472 e. The molecule has 0 aromatic heterocycles. The molecule has 0 aliphatic rings. The number of esters is 3. The van der Waals surface area contributed by atoms with Gasteiger partial charge in [0.1, 0.15) is 12.7 Å². The van der Waals surface area contributed by atoms with Crippen molar-refractivity contribution in [3.05, 3.63) is 60.8 Å². The number of hydrogen-bond acceptors (Lipinski definition) is 10. The van der Waals surface area contributed by atoms with Gasteiger partial charge in [0.05, 0.1) is 19.8 Å². The molecule has 0 rings (SSSR count). The fourth-order valence-corrected chi connectivity index (χ4v) is 9.77. The van der Waals surface area contributed by atoms with Gasteiger partial charge in [-0.25, -0.2) is 4.57 Å². The number of ether oxygens (including phenoxy) is 3. The minimum absolute atomic E-state index is 0.154. The summed E-state index contributed by atoms with van der Waals surface area (Å²) in [6.45, 7) is 4.62. The van der Waals surface area contributed by atoms with Crippen LogP contribution in [0.25, 0.3) is 0 Å². The third-order valence-electron chi connectivity index (χ3n) is 13.9. The van der Waals surface area contributed by atoms with Gasteiger partial charge in [-0.05, 0) is 89.9 Å². The van der Waals surface area contributed by atoms with Gasteiger partial charge in [0.15, 0.2) is 6.10 Å². The Morgan fingerprint density at radius 2 is 0.628 bits per heavy atom. The van der Waals surface area contributed by atoms with E-state index in [1.165, 1.54) is 141 Å². The zero-order valence-electron chi connectivity index (χ0n) is 50.4. The average Bonchev–Trinajstić information content (AvgIpc) is 3.43. The lowest BCUT2D eigenvalue weighted by molar-refractivity contribution is -0.161. The van der Waals surface area contributed by atoms with Crippen LogP contribution in [0, 0.1) is 0 Å². The first-order valence-corrected chi connectivity index (χ1v) is 33.7. The lowest BCUT2D eigenvalue weighted by atomic mass is 10.0. The molecule has 3 atom stereocenters. The van der Waals surface area contributed by atoms with Crippen LogP contribution in [-0.2, 0) is 42.2 Å². The monoisotopic (exact) mass is 1120 g/mol. The van der Waals surface area contributed by atoms with Crippen LogP contribution >= 0.6 is 7.82 Å². The molecular formula is C66H119O11P. The molecule has 0 saturated carbocycles. The van der Waals surface area contributed by atoms with Crippen LogP contribution in [0.5, 0.6) is 0 Å². The van der Waals surface area contributed by atoms with E-state index in [2.05, 4.69) is 81.5 Å². The van der Waals surface area contributed by atoms with Crippen molar-refractivity contribution in [1.29, 1.82) is 0 Å². The molecule has 454 valence electrons. The highest BCUT2D eigenvalue weighted by Crippen LogP contribution is 2.43. The Hall–Kier alpha value is -2.82. The van der Waals surface area contributed by atoms with E-state index in [1.54, 1.807) is 0 Å². The number of carbonyl (C=O) groups is 3. The van der Waals surface area contributed by atoms with Crippen molar-refractivity contribution in [1.82, 2.24) is 0 Å². The van der Waals surface area contributed by atoms with E-state index in [9.17, 15) is 28.9 Å². The SMILES string of the molecule is CCCCC/C=C\C/C=C\C/C=C\CCCCCCCCC(=O)OC(COC(=O)CCCCCCCCCCCCCCC)COP(=O)(O)OCC(CO)OC(=O)CCCCCCCCCCC/C=C\C/C=C\CCCCC. The predicted octanol–water partition coefficient (Wildman–Crippen LogP) is 19.5. The smallest absolute Gasteiger partial charge is 0.462 e. The Morgan fingerprint density at radius 1 is 0.359 bits per heavy atom. The quantitative estimate of drug-likeness (QED) is 0.0197. The summed E-state index contributed by atoms with van der Waals surface area (Å²) in [5.41, 5.74) is 0. The summed E-state index contributed by atoms with van der Waals surface area (Å²) in [6, 6.07) is 0. The third kappa shape index (κ3) is 57.9. The molecule has 11 nitrogen and oxygen atoms in total. The molecular weight excluding hydrogens is 1000 g/mol. The fourth-order valence-electron chi connectivity index (χ4n) is 8.98. The summed E-state index contributed by atoms with van der Waals surface area (Å²) in [6.07, 6.45) is 67.3. The molecule has 0 saturated heterocycles. The average molecular weight is 1120 g/mol. The van der Waals surface area contributed by atoms with E-state index >= 15 is 0 Å². The number of unbranched alkanes of at least 4 members (excludes halogenated alkanes) is 33. The summed E-state index contributed by atoms with van der Waals surface area (Å²) in [4.78, 5) is 48.7. The van der Waals surface area contributed by atoms with Crippen LogP contribution in [0.4, 0.5) is 0 Å². The molecule has 78 heavy (non-hydrogen) atoms. The summed E-state index contributed by atoms with van der Waals surface area (Å²) in [5, 5.41) is 9.85. The molecule has 0 heterocycles. The summed E-state index contributed by atoms with van der Waals surface area (Å²) >= 11 is 0. The van der Waals surface area contributed by atoms with Crippen molar-refractivity contribution >= 4 is 25.7 Å². The van der Waals surface area contributed by atoms with Crippen molar-refractivity contribution in [2.24, 2.45) is 0 Å². The molecule has 0 aliphatic carbocycles. The standard InChI is InChI=1S/C66H119O11P/c1-4-7-10-13-16-19-22-25-27-29-31-33-35-38-41-44-47-50-53-56-65(69)76-62(58-67)60-74-78(71,72)75-61-63(59-73-64(68)55-52-49-46-43-40-37-24-21-18-15-12-9-6-3)77-66(70)57-54-51-48-45-42-39-36-34-32-30-28-26-23-20-17-14-11-8-5-2/h16-17,19-20,25-28,32,34,62-63,67H,4-15,18,21-24,29-31,33,35-61H2,1-3H3,(H,71,72)/b19-16-,20-17-,27-25-,28-26-,34-32-. The molecule has 0 aromatic rings. The van der Waals surface area contributed by atoms with Gasteiger partial charge in [-0.1, -0.05) is 255 Å². The van der Waals surface area contributed by atoms with Crippen LogP contribution in [0.3, 0.4) is 0 Å². The van der Waals surface area contributed by atoms with Crippen LogP contribution < -0.4 is 0 Å². The van der Waals surface area contributed by atoms with Gasteiger partial charge in [-0.15, -0.1) is 0 Å². The number of aliphatic hydroxyl groups excluding tert-OH is 1. The van der Waals surface area contributed by atoms with Crippen molar-refractivity contribution in [2.45, 2.75) is 315 Å². The van der Waals surface area contributed by atoms with Crippen molar-refractivity contribution in [3.8, 4) is 0 Å².